The van der Waals surface area contributed by atoms with E-state index >= 15 is 0 Å². The number of aryl methyl sites for hydroxylation is 3. The lowest BCUT2D eigenvalue weighted by molar-refractivity contribution is 0.422. The molecule has 0 amide bonds. The number of hydrogen-bond acceptors (Lipinski definition) is 0. The van der Waals surface area contributed by atoms with Gasteiger partial charge in [0, 0.05) is 0 Å². The van der Waals surface area contributed by atoms with Crippen molar-refractivity contribution in [3.63, 3.8) is 0 Å². The van der Waals surface area contributed by atoms with E-state index in [1.165, 1.54) is 57.8 Å². The Bertz CT molecular complexity index is 403. The maximum Gasteiger partial charge on any atom is -0.0247 e. The molecular formula is C17H24. The topological polar surface area (TPSA) is 0 Å². The molecule has 0 fully saturated rings. The van der Waals surface area contributed by atoms with Crippen LogP contribution >= 0.6 is 0 Å². The van der Waals surface area contributed by atoms with Gasteiger partial charge in [-0.25, -0.2) is 0 Å². The Hall–Kier alpha value is -0.780. The zero-order valence-corrected chi connectivity index (χ0v) is 11.1. The minimum Gasteiger partial charge on any atom is -0.0654 e. The van der Waals surface area contributed by atoms with Gasteiger partial charge in [0.05, 0.1) is 0 Å². The fourth-order valence-corrected chi connectivity index (χ4v) is 3.74. The first-order valence-electron chi connectivity index (χ1n) is 7.50. The minimum absolute atomic E-state index is 0.967. The summed E-state index contributed by atoms with van der Waals surface area (Å²) in [7, 11) is 0. The van der Waals surface area contributed by atoms with Crippen molar-refractivity contribution in [1.29, 1.82) is 0 Å². The normalized spacial score (nSPS) is 23.0. The molecule has 2 aliphatic carbocycles. The first kappa shape index (κ1) is 11.3. The predicted molar refractivity (Wildman–Crippen MR) is 73.5 cm³/mol. The number of fused-ring (bicyclic) bond motifs is 2. The lowest BCUT2D eigenvalue weighted by Gasteiger charge is -2.27. The van der Waals surface area contributed by atoms with Gasteiger partial charge in [-0.2, -0.15) is 0 Å². The standard InChI is InChI=1S/C17H24/c1-2-5-13-8-9-16-11-14-6-3-4-7-15(14)12-17(16)10-13/h11-13H,2-10H2,1H3. The van der Waals surface area contributed by atoms with Crippen molar-refractivity contribution in [1.82, 2.24) is 0 Å². The molecule has 0 aromatic heterocycles. The van der Waals surface area contributed by atoms with Crippen molar-refractivity contribution in [2.75, 3.05) is 0 Å². The number of hydrogen-bond donors (Lipinski definition) is 0. The van der Waals surface area contributed by atoms with Crippen molar-refractivity contribution >= 4 is 0 Å². The molecule has 0 aliphatic heterocycles. The van der Waals surface area contributed by atoms with E-state index in [9.17, 15) is 0 Å². The van der Waals surface area contributed by atoms with E-state index in [0.717, 1.165) is 5.92 Å². The van der Waals surface area contributed by atoms with Crippen LogP contribution in [0, 0.1) is 5.92 Å². The Balaban J connectivity index is 1.87. The van der Waals surface area contributed by atoms with E-state index in [2.05, 4.69) is 19.1 Å². The summed E-state index contributed by atoms with van der Waals surface area (Å²) in [5, 5.41) is 0. The highest BCUT2D eigenvalue weighted by Gasteiger charge is 2.20. The molecule has 0 spiro atoms. The van der Waals surface area contributed by atoms with Crippen LogP contribution in [0.15, 0.2) is 12.1 Å². The van der Waals surface area contributed by atoms with Crippen LogP contribution in [0.2, 0.25) is 0 Å². The van der Waals surface area contributed by atoms with Crippen molar-refractivity contribution in [3.05, 3.63) is 34.4 Å². The Labute approximate surface area is 105 Å². The lowest BCUT2D eigenvalue weighted by atomic mass is 9.78. The molecule has 0 heteroatoms. The molecule has 1 aromatic rings. The highest BCUT2D eigenvalue weighted by Crippen LogP contribution is 2.32. The Morgan fingerprint density at radius 1 is 0.941 bits per heavy atom. The van der Waals surface area contributed by atoms with Crippen molar-refractivity contribution in [3.8, 4) is 0 Å². The summed E-state index contributed by atoms with van der Waals surface area (Å²) in [5.74, 6) is 0.967. The summed E-state index contributed by atoms with van der Waals surface area (Å²) >= 11 is 0. The average Bonchev–Trinajstić information content (AvgIpc) is 2.36. The molecule has 2 aliphatic rings. The zero-order chi connectivity index (χ0) is 11.7. The third kappa shape index (κ3) is 2.27. The van der Waals surface area contributed by atoms with Crippen molar-refractivity contribution in [2.24, 2.45) is 5.92 Å². The fourth-order valence-electron chi connectivity index (χ4n) is 3.74. The van der Waals surface area contributed by atoms with Crippen LogP contribution < -0.4 is 0 Å². The smallest absolute Gasteiger partial charge is 0.0247 e. The van der Waals surface area contributed by atoms with E-state index in [0.29, 0.717) is 0 Å². The molecular weight excluding hydrogens is 204 g/mol. The summed E-state index contributed by atoms with van der Waals surface area (Å²) in [5.41, 5.74) is 6.71. The third-order valence-electron chi connectivity index (χ3n) is 4.69. The molecule has 0 heterocycles. The van der Waals surface area contributed by atoms with Crippen LogP contribution in [0.25, 0.3) is 0 Å². The minimum atomic E-state index is 0.967. The Morgan fingerprint density at radius 2 is 1.59 bits per heavy atom. The lowest BCUT2D eigenvalue weighted by Crippen LogP contribution is -2.16. The van der Waals surface area contributed by atoms with Gasteiger partial charge in [0.15, 0.2) is 0 Å². The van der Waals surface area contributed by atoms with Crippen LogP contribution in [0.1, 0.15) is 61.3 Å². The number of rotatable bonds is 2. The molecule has 0 bridgehead atoms. The van der Waals surface area contributed by atoms with Gasteiger partial charge in [-0.3, -0.25) is 0 Å². The number of benzene rings is 1. The van der Waals surface area contributed by atoms with Gasteiger partial charge in [0.2, 0.25) is 0 Å². The van der Waals surface area contributed by atoms with E-state index in [-0.39, 0.29) is 0 Å². The molecule has 17 heavy (non-hydrogen) atoms. The molecule has 1 aromatic carbocycles. The maximum atomic E-state index is 2.56. The second-order valence-electron chi connectivity index (χ2n) is 5.99. The van der Waals surface area contributed by atoms with E-state index in [1.54, 1.807) is 22.3 Å². The van der Waals surface area contributed by atoms with Crippen LogP contribution in [-0.2, 0) is 25.7 Å². The molecule has 0 radical (unpaired) electrons. The second kappa shape index (κ2) is 4.84. The second-order valence-corrected chi connectivity index (χ2v) is 5.99. The molecule has 0 N–H and O–H groups in total. The molecule has 1 unspecified atom stereocenters. The van der Waals surface area contributed by atoms with Crippen LogP contribution in [-0.4, -0.2) is 0 Å². The summed E-state index contributed by atoms with van der Waals surface area (Å²) in [6, 6.07) is 5.11. The quantitative estimate of drug-likeness (QED) is 0.700. The van der Waals surface area contributed by atoms with Crippen LogP contribution in [0.5, 0.6) is 0 Å². The van der Waals surface area contributed by atoms with Gasteiger partial charge >= 0.3 is 0 Å². The first-order chi connectivity index (χ1) is 8.36. The summed E-state index contributed by atoms with van der Waals surface area (Å²) in [6.45, 7) is 2.32. The van der Waals surface area contributed by atoms with Crippen molar-refractivity contribution in [2.45, 2.75) is 64.7 Å². The summed E-state index contributed by atoms with van der Waals surface area (Å²) in [4.78, 5) is 0. The van der Waals surface area contributed by atoms with Gasteiger partial charge in [-0.05, 0) is 73.1 Å². The monoisotopic (exact) mass is 228 g/mol. The maximum absolute atomic E-state index is 2.56. The molecule has 1 atom stereocenters. The van der Waals surface area contributed by atoms with E-state index in [4.69, 9.17) is 0 Å². The third-order valence-corrected chi connectivity index (χ3v) is 4.69. The molecule has 0 saturated carbocycles. The Morgan fingerprint density at radius 3 is 2.29 bits per heavy atom. The fraction of sp³-hybridized carbons (Fsp3) is 0.647. The van der Waals surface area contributed by atoms with Gasteiger partial charge in [-0.1, -0.05) is 31.9 Å². The van der Waals surface area contributed by atoms with Crippen LogP contribution in [0.3, 0.4) is 0 Å². The predicted octanol–water partition coefficient (Wildman–Crippen LogP) is 4.47. The summed E-state index contributed by atoms with van der Waals surface area (Å²) in [6.07, 6.45) is 12.4. The van der Waals surface area contributed by atoms with E-state index < -0.39 is 0 Å². The van der Waals surface area contributed by atoms with Crippen molar-refractivity contribution < 1.29 is 0 Å². The Kier molecular flexibility index (Phi) is 3.22. The van der Waals surface area contributed by atoms with Crippen LogP contribution in [0.4, 0.5) is 0 Å². The van der Waals surface area contributed by atoms with Gasteiger partial charge in [-0.15, -0.1) is 0 Å². The van der Waals surface area contributed by atoms with Gasteiger partial charge in [0.25, 0.3) is 0 Å². The highest BCUT2D eigenvalue weighted by atomic mass is 14.3. The van der Waals surface area contributed by atoms with Gasteiger partial charge in [0.1, 0.15) is 0 Å². The first-order valence-corrected chi connectivity index (χ1v) is 7.50. The van der Waals surface area contributed by atoms with E-state index in [1.807, 2.05) is 0 Å². The summed E-state index contributed by atoms with van der Waals surface area (Å²) < 4.78 is 0. The highest BCUT2D eigenvalue weighted by molar-refractivity contribution is 5.41. The molecule has 0 saturated heterocycles. The molecule has 0 nitrogen and oxygen atoms in total. The molecule has 3 rings (SSSR count). The average molecular weight is 228 g/mol. The SMILES string of the molecule is CCCC1CCc2cc3c(cc2C1)CCCC3. The molecule has 92 valence electrons. The van der Waals surface area contributed by atoms with Gasteiger partial charge < -0.3 is 0 Å². The zero-order valence-electron chi connectivity index (χ0n) is 11.1. The largest absolute Gasteiger partial charge is 0.0654 e.